The van der Waals surface area contributed by atoms with Crippen molar-refractivity contribution in [3.05, 3.63) is 66.2 Å². The molecule has 0 aliphatic carbocycles. The lowest BCUT2D eigenvalue weighted by atomic mass is 10.0. The van der Waals surface area contributed by atoms with Crippen molar-refractivity contribution in [2.75, 3.05) is 18.0 Å². The standard InChI is InChI=1S/C19H18N4O2/c24-17-13-23(12-16(20-17)11-14-7-3-1-4-8-14)19-21-18(25-22-19)15-9-5-2-6-10-15/h1-10,16H,11-13H2,(H,20,24)/t16-/m0/s1. The maximum Gasteiger partial charge on any atom is 0.266 e. The largest absolute Gasteiger partial charge is 0.350 e. The molecule has 0 bridgehead atoms. The van der Waals surface area contributed by atoms with Crippen molar-refractivity contribution >= 4 is 11.9 Å². The van der Waals surface area contributed by atoms with Crippen LogP contribution in [0.15, 0.2) is 65.2 Å². The van der Waals surface area contributed by atoms with Gasteiger partial charge in [0.15, 0.2) is 0 Å². The van der Waals surface area contributed by atoms with Crippen LogP contribution >= 0.6 is 0 Å². The molecule has 0 saturated carbocycles. The molecule has 3 aromatic rings. The Bertz CT molecular complexity index is 848. The molecular formula is C19H18N4O2. The van der Waals surface area contributed by atoms with Crippen molar-refractivity contribution < 1.29 is 9.32 Å². The van der Waals surface area contributed by atoms with Gasteiger partial charge in [0.1, 0.15) is 0 Å². The van der Waals surface area contributed by atoms with Gasteiger partial charge in [0.05, 0.1) is 12.6 Å². The maximum absolute atomic E-state index is 12.1. The predicted octanol–water partition coefficient (Wildman–Crippen LogP) is 2.28. The highest BCUT2D eigenvalue weighted by atomic mass is 16.5. The van der Waals surface area contributed by atoms with Crippen LogP contribution in [0.5, 0.6) is 0 Å². The fourth-order valence-corrected chi connectivity index (χ4v) is 3.03. The van der Waals surface area contributed by atoms with Crippen LogP contribution in [0, 0.1) is 0 Å². The minimum absolute atomic E-state index is 0.0160. The molecule has 1 aliphatic heterocycles. The van der Waals surface area contributed by atoms with Crippen LogP contribution < -0.4 is 10.2 Å². The number of amides is 1. The van der Waals surface area contributed by atoms with Crippen LogP contribution in [0.2, 0.25) is 0 Å². The fraction of sp³-hybridized carbons (Fsp3) is 0.211. The molecule has 0 spiro atoms. The molecular weight excluding hydrogens is 316 g/mol. The van der Waals surface area contributed by atoms with E-state index in [0.29, 0.717) is 18.4 Å². The van der Waals surface area contributed by atoms with Crippen molar-refractivity contribution in [2.24, 2.45) is 0 Å². The Kier molecular flexibility index (Phi) is 4.16. The van der Waals surface area contributed by atoms with Crippen molar-refractivity contribution in [1.29, 1.82) is 0 Å². The molecule has 0 unspecified atom stereocenters. The number of anilines is 1. The molecule has 1 aliphatic rings. The number of aromatic nitrogens is 2. The van der Waals surface area contributed by atoms with E-state index in [4.69, 9.17) is 4.52 Å². The molecule has 6 nitrogen and oxygen atoms in total. The van der Waals surface area contributed by atoms with E-state index < -0.39 is 0 Å². The second kappa shape index (κ2) is 6.76. The molecule has 1 atom stereocenters. The van der Waals surface area contributed by atoms with Crippen molar-refractivity contribution in [1.82, 2.24) is 15.5 Å². The predicted molar refractivity (Wildman–Crippen MR) is 94.0 cm³/mol. The molecule has 2 aromatic carbocycles. The van der Waals surface area contributed by atoms with E-state index in [-0.39, 0.29) is 18.5 Å². The number of rotatable bonds is 4. The Hall–Kier alpha value is -3.15. The molecule has 2 heterocycles. The number of carbonyl (C=O) groups is 1. The highest BCUT2D eigenvalue weighted by molar-refractivity contribution is 5.82. The van der Waals surface area contributed by atoms with Gasteiger partial charge in [-0.1, -0.05) is 48.5 Å². The van der Waals surface area contributed by atoms with Crippen molar-refractivity contribution in [2.45, 2.75) is 12.5 Å². The first-order valence-electron chi connectivity index (χ1n) is 8.25. The number of carbonyl (C=O) groups excluding carboxylic acids is 1. The molecule has 25 heavy (non-hydrogen) atoms. The Labute approximate surface area is 145 Å². The monoisotopic (exact) mass is 334 g/mol. The van der Waals surface area contributed by atoms with E-state index in [1.165, 1.54) is 5.56 Å². The Morgan fingerprint density at radius 3 is 2.56 bits per heavy atom. The van der Waals surface area contributed by atoms with Gasteiger partial charge >= 0.3 is 0 Å². The average Bonchev–Trinajstić information content (AvgIpc) is 3.13. The smallest absolute Gasteiger partial charge is 0.266 e. The molecule has 1 amide bonds. The lowest BCUT2D eigenvalue weighted by Gasteiger charge is -2.32. The van der Waals surface area contributed by atoms with Crippen molar-refractivity contribution in [3.63, 3.8) is 0 Å². The Morgan fingerprint density at radius 1 is 1.08 bits per heavy atom. The quantitative estimate of drug-likeness (QED) is 0.792. The summed E-state index contributed by atoms with van der Waals surface area (Å²) in [6.07, 6.45) is 0.770. The highest BCUT2D eigenvalue weighted by Crippen LogP contribution is 2.21. The zero-order chi connectivity index (χ0) is 17.1. The number of benzene rings is 2. The summed E-state index contributed by atoms with van der Waals surface area (Å²) in [4.78, 5) is 18.4. The second-order valence-electron chi connectivity index (χ2n) is 6.10. The van der Waals surface area contributed by atoms with Gasteiger partial charge in [0.25, 0.3) is 11.8 Å². The summed E-state index contributed by atoms with van der Waals surface area (Å²) in [5, 5.41) is 7.09. The van der Waals surface area contributed by atoms with Gasteiger partial charge in [-0.25, -0.2) is 0 Å². The van der Waals surface area contributed by atoms with Gasteiger partial charge < -0.3 is 14.7 Å². The van der Waals surface area contributed by atoms with Gasteiger partial charge in [0, 0.05) is 12.1 Å². The number of hydrogen-bond donors (Lipinski definition) is 1. The first-order chi connectivity index (χ1) is 12.3. The third-order valence-corrected chi connectivity index (χ3v) is 4.18. The van der Waals surface area contributed by atoms with Crippen LogP contribution in [0.4, 0.5) is 5.95 Å². The van der Waals surface area contributed by atoms with E-state index in [9.17, 15) is 4.79 Å². The first-order valence-corrected chi connectivity index (χ1v) is 8.25. The van der Waals surface area contributed by atoms with E-state index in [2.05, 4.69) is 27.6 Å². The minimum atomic E-state index is -0.0294. The van der Waals surface area contributed by atoms with E-state index in [1.807, 2.05) is 53.4 Å². The summed E-state index contributed by atoms with van der Waals surface area (Å²) >= 11 is 0. The summed E-state index contributed by atoms with van der Waals surface area (Å²) in [5.74, 6) is 0.881. The zero-order valence-electron chi connectivity index (χ0n) is 13.6. The summed E-state index contributed by atoms with van der Waals surface area (Å²) in [6.45, 7) is 0.882. The molecule has 6 heteroatoms. The average molecular weight is 334 g/mol. The Balaban J connectivity index is 1.50. The first kappa shape index (κ1) is 15.4. The van der Waals surface area contributed by atoms with Gasteiger partial charge in [-0.15, -0.1) is 0 Å². The number of nitrogens with zero attached hydrogens (tertiary/aromatic N) is 3. The van der Waals surface area contributed by atoms with Crippen LogP contribution in [-0.4, -0.2) is 35.2 Å². The van der Waals surface area contributed by atoms with Crippen LogP contribution in [0.1, 0.15) is 5.56 Å². The van der Waals surface area contributed by atoms with Gasteiger partial charge in [-0.05, 0) is 29.3 Å². The topological polar surface area (TPSA) is 71.3 Å². The van der Waals surface area contributed by atoms with Crippen LogP contribution in [-0.2, 0) is 11.2 Å². The molecule has 1 saturated heterocycles. The second-order valence-corrected chi connectivity index (χ2v) is 6.10. The number of hydrogen-bond acceptors (Lipinski definition) is 5. The molecule has 4 rings (SSSR count). The lowest BCUT2D eigenvalue weighted by molar-refractivity contribution is -0.121. The van der Waals surface area contributed by atoms with Crippen LogP contribution in [0.3, 0.4) is 0 Å². The van der Waals surface area contributed by atoms with E-state index >= 15 is 0 Å². The molecule has 1 fully saturated rings. The molecule has 126 valence electrons. The number of nitrogens with one attached hydrogen (secondary N) is 1. The summed E-state index contributed by atoms with van der Waals surface area (Å²) in [5.41, 5.74) is 2.05. The maximum atomic E-state index is 12.1. The molecule has 1 N–H and O–H groups in total. The van der Waals surface area contributed by atoms with Gasteiger partial charge in [-0.3, -0.25) is 4.79 Å². The Morgan fingerprint density at radius 2 is 1.80 bits per heavy atom. The van der Waals surface area contributed by atoms with Crippen molar-refractivity contribution in [3.8, 4) is 11.5 Å². The van der Waals surface area contributed by atoms with Gasteiger partial charge in [-0.2, -0.15) is 4.98 Å². The highest BCUT2D eigenvalue weighted by Gasteiger charge is 2.27. The summed E-state index contributed by atoms with van der Waals surface area (Å²) in [6, 6.07) is 19.7. The SMILES string of the molecule is O=C1CN(c2noc(-c3ccccc3)n2)C[C@H](Cc2ccccc2)N1. The molecule has 0 radical (unpaired) electrons. The molecule has 1 aromatic heterocycles. The third-order valence-electron chi connectivity index (χ3n) is 4.18. The van der Waals surface area contributed by atoms with Crippen LogP contribution in [0.25, 0.3) is 11.5 Å². The summed E-state index contributed by atoms with van der Waals surface area (Å²) < 4.78 is 5.36. The number of piperazine rings is 1. The van der Waals surface area contributed by atoms with E-state index in [0.717, 1.165) is 12.0 Å². The van der Waals surface area contributed by atoms with Gasteiger partial charge in [0.2, 0.25) is 5.91 Å². The normalized spacial score (nSPS) is 17.4. The van der Waals surface area contributed by atoms with E-state index in [1.54, 1.807) is 0 Å². The summed E-state index contributed by atoms with van der Waals surface area (Å²) in [7, 11) is 0. The fourth-order valence-electron chi connectivity index (χ4n) is 3.03. The third kappa shape index (κ3) is 3.52. The zero-order valence-corrected chi connectivity index (χ0v) is 13.6. The minimum Gasteiger partial charge on any atom is -0.350 e. The lowest BCUT2D eigenvalue weighted by Crippen LogP contribution is -2.55.